The molecule has 0 aliphatic heterocycles. The van der Waals surface area contributed by atoms with Crippen molar-refractivity contribution in [3.8, 4) is 0 Å². The van der Waals surface area contributed by atoms with Crippen LogP contribution < -0.4 is 4.89 Å². The predicted molar refractivity (Wildman–Crippen MR) is 123 cm³/mol. The van der Waals surface area contributed by atoms with Crippen LogP contribution >= 0.6 is 8.03 Å². The first-order valence-corrected chi connectivity index (χ1v) is 13.1. The van der Waals surface area contributed by atoms with Crippen molar-refractivity contribution < 1.29 is 13.9 Å². The molecule has 0 aromatic rings. The summed E-state index contributed by atoms with van der Waals surface area (Å²) in [5.74, 6) is 0. The highest BCUT2D eigenvalue weighted by atomic mass is 31.1. The van der Waals surface area contributed by atoms with Crippen molar-refractivity contribution in [3.63, 3.8) is 0 Å². The highest BCUT2D eigenvalue weighted by Crippen LogP contribution is 2.45. The number of nitrogens with zero attached hydrogens (tertiary/aromatic N) is 1. The summed E-state index contributed by atoms with van der Waals surface area (Å²) in [7, 11) is 3.64. The van der Waals surface area contributed by atoms with E-state index in [1.807, 2.05) is 21.1 Å². The van der Waals surface area contributed by atoms with Gasteiger partial charge in [0.1, 0.15) is 0 Å². The lowest BCUT2D eigenvalue weighted by Gasteiger charge is -2.39. The zero-order chi connectivity index (χ0) is 21.3. The zero-order valence-corrected chi connectivity index (χ0v) is 20.6. The van der Waals surface area contributed by atoms with Gasteiger partial charge in [-0.3, -0.25) is 4.48 Å². The molecular formula is C24H49NO2P+. The second-order valence-corrected chi connectivity index (χ2v) is 10.7. The maximum absolute atomic E-state index is 12.0. The molecule has 0 radical (unpaired) electrons. The minimum absolute atomic E-state index is 0.512. The Morgan fingerprint density at radius 3 is 1.61 bits per heavy atom. The van der Waals surface area contributed by atoms with Crippen LogP contribution in [0.4, 0.5) is 0 Å². The molecule has 3 nitrogen and oxygen atoms in total. The molecule has 2 unspecified atom stereocenters. The Morgan fingerprint density at radius 2 is 1.18 bits per heavy atom. The van der Waals surface area contributed by atoms with Crippen molar-refractivity contribution in [2.24, 2.45) is 0 Å². The number of quaternary nitrogens is 1. The molecule has 28 heavy (non-hydrogen) atoms. The smallest absolute Gasteiger partial charge is 0.376 e. The van der Waals surface area contributed by atoms with Crippen LogP contribution in [0.5, 0.6) is 0 Å². The van der Waals surface area contributed by atoms with Gasteiger partial charge in [-0.25, -0.2) is 0 Å². The standard InChI is InChI=1S/C24H49NO2P/c1-6-8-9-10-11-12-13-14-15-16-17-18-19-20-21-23-24(22-7-2,28(26)27)25(3,4)5/h16-17H,6-15,18-23H2,1-5H3/q+1. The molecule has 0 N–H and O–H groups in total. The molecule has 0 aromatic carbocycles. The van der Waals surface area contributed by atoms with Gasteiger partial charge in [0, 0.05) is 12.8 Å². The molecule has 0 rings (SSSR count). The van der Waals surface area contributed by atoms with E-state index in [9.17, 15) is 9.46 Å². The molecular weight excluding hydrogens is 365 g/mol. The largest absolute Gasteiger partial charge is 0.590 e. The van der Waals surface area contributed by atoms with Gasteiger partial charge in [-0.1, -0.05) is 81.9 Å². The Kier molecular flexibility index (Phi) is 16.4. The third-order valence-electron chi connectivity index (χ3n) is 6.08. The fraction of sp³-hybridized carbons (Fsp3) is 0.917. The van der Waals surface area contributed by atoms with E-state index in [2.05, 4.69) is 26.0 Å². The highest BCUT2D eigenvalue weighted by Gasteiger charge is 2.53. The average Bonchev–Trinajstić information content (AvgIpc) is 2.62. The molecule has 0 bridgehead atoms. The van der Waals surface area contributed by atoms with E-state index in [0.717, 1.165) is 38.5 Å². The van der Waals surface area contributed by atoms with E-state index in [4.69, 9.17) is 0 Å². The minimum atomic E-state index is -2.43. The van der Waals surface area contributed by atoms with E-state index in [-0.39, 0.29) is 0 Å². The third kappa shape index (κ3) is 11.7. The zero-order valence-electron chi connectivity index (χ0n) is 19.7. The van der Waals surface area contributed by atoms with Crippen molar-refractivity contribution in [2.45, 2.75) is 122 Å². The van der Waals surface area contributed by atoms with Crippen LogP contribution in [-0.4, -0.2) is 30.9 Å². The quantitative estimate of drug-likeness (QED) is 0.0960. The summed E-state index contributed by atoms with van der Waals surface area (Å²) in [5.41, 5.74) is 0. The van der Waals surface area contributed by atoms with Crippen LogP contribution in [0.2, 0.25) is 0 Å². The Labute approximate surface area is 177 Å². The van der Waals surface area contributed by atoms with Crippen LogP contribution in [-0.2, 0) is 4.57 Å². The fourth-order valence-corrected chi connectivity index (χ4v) is 5.34. The first-order valence-electron chi connectivity index (χ1n) is 11.9. The molecule has 0 amide bonds. The molecule has 4 heteroatoms. The van der Waals surface area contributed by atoms with Gasteiger partial charge < -0.3 is 4.89 Å². The van der Waals surface area contributed by atoms with E-state index >= 15 is 0 Å². The Hall–Kier alpha value is -0.240. The number of rotatable bonds is 19. The first kappa shape index (κ1) is 27.8. The van der Waals surface area contributed by atoms with E-state index in [1.54, 1.807) is 0 Å². The number of unbranched alkanes of at least 4 members (excludes halogenated alkanes) is 11. The van der Waals surface area contributed by atoms with Crippen LogP contribution in [0.1, 0.15) is 117 Å². The molecule has 2 atom stereocenters. The van der Waals surface area contributed by atoms with Gasteiger partial charge >= 0.3 is 8.03 Å². The topological polar surface area (TPSA) is 40.1 Å². The SMILES string of the molecule is CCCCCCCCCCC=CCCCCCC(CCC)([P+](=O)[O-])[N+](C)(C)C. The molecule has 0 heterocycles. The molecule has 0 aromatic heterocycles. The predicted octanol–water partition coefficient (Wildman–Crippen LogP) is 7.33. The fourth-order valence-electron chi connectivity index (χ4n) is 4.10. The maximum atomic E-state index is 12.0. The van der Waals surface area contributed by atoms with E-state index in [1.165, 1.54) is 64.2 Å². The van der Waals surface area contributed by atoms with Crippen LogP contribution in [0.15, 0.2) is 12.2 Å². The average molecular weight is 415 g/mol. The van der Waals surface area contributed by atoms with E-state index < -0.39 is 13.3 Å². The van der Waals surface area contributed by atoms with Crippen LogP contribution in [0.25, 0.3) is 0 Å². The summed E-state index contributed by atoms with van der Waals surface area (Å²) in [5, 5.41) is -0.601. The lowest BCUT2D eigenvalue weighted by atomic mass is 9.99. The van der Waals surface area contributed by atoms with Crippen LogP contribution in [0, 0.1) is 0 Å². The number of hydrogen-bond donors (Lipinski definition) is 0. The molecule has 0 saturated carbocycles. The third-order valence-corrected chi connectivity index (χ3v) is 7.80. The molecule has 0 fully saturated rings. The number of allylic oxidation sites excluding steroid dienone is 2. The summed E-state index contributed by atoms with van der Waals surface area (Å²) in [6.45, 7) is 4.35. The van der Waals surface area contributed by atoms with Crippen molar-refractivity contribution in [1.29, 1.82) is 0 Å². The first-order chi connectivity index (χ1) is 13.3. The summed E-state index contributed by atoms with van der Waals surface area (Å²) in [6.07, 6.45) is 23.8. The van der Waals surface area contributed by atoms with Crippen molar-refractivity contribution in [2.75, 3.05) is 21.1 Å². The summed E-state index contributed by atoms with van der Waals surface area (Å²) in [4.78, 5) is 12.0. The van der Waals surface area contributed by atoms with Gasteiger partial charge in [0.2, 0.25) is 0 Å². The number of hydrogen-bond acceptors (Lipinski definition) is 2. The lowest BCUT2D eigenvalue weighted by molar-refractivity contribution is -0.910. The Bertz CT molecular complexity index is 417. The van der Waals surface area contributed by atoms with Gasteiger partial charge in [-0.15, -0.1) is 0 Å². The Morgan fingerprint density at radius 1 is 0.714 bits per heavy atom. The molecule has 0 aliphatic carbocycles. The summed E-state index contributed by atoms with van der Waals surface area (Å²) < 4.78 is 12.6. The maximum Gasteiger partial charge on any atom is 0.376 e. The van der Waals surface area contributed by atoms with Gasteiger partial charge in [0.15, 0.2) is 0 Å². The lowest BCUT2D eigenvalue weighted by Crippen LogP contribution is -2.55. The summed E-state index contributed by atoms with van der Waals surface area (Å²) in [6, 6.07) is 0. The Balaban J connectivity index is 3.84. The monoisotopic (exact) mass is 414 g/mol. The van der Waals surface area contributed by atoms with Gasteiger partial charge in [-0.05, 0) is 38.5 Å². The highest BCUT2D eigenvalue weighted by molar-refractivity contribution is 7.38. The molecule has 0 aliphatic rings. The van der Waals surface area contributed by atoms with Crippen molar-refractivity contribution in [1.82, 2.24) is 0 Å². The van der Waals surface area contributed by atoms with Gasteiger partial charge in [-0.2, -0.15) is 0 Å². The second-order valence-electron chi connectivity index (χ2n) is 9.34. The molecule has 166 valence electrons. The van der Waals surface area contributed by atoms with Gasteiger partial charge in [0.25, 0.3) is 5.28 Å². The molecule has 0 saturated heterocycles. The van der Waals surface area contributed by atoms with E-state index in [0.29, 0.717) is 4.48 Å². The van der Waals surface area contributed by atoms with Gasteiger partial charge in [0.05, 0.1) is 21.1 Å². The summed E-state index contributed by atoms with van der Waals surface area (Å²) >= 11 is 0. The minimum Gasteiger partial charge on any atom is -0.590 e. The van der Waals surface area contributed by atoms with Crippen molar-refractivity contribution >= 4 is 8.03 Å². The molecule has 0 spiro atoms. The normalized spacial score (nSPS) is 15.1. The van der Waals surface area contributed by atoms with Crippen molar-refractivity contribution in [3.05, 3.63) is 12.2 Å². The van der Waals surface area contributed by atoms with Crippen LogP contribution in [0.3, 0.4) is 0 Å². The second kappa shape index (κ2) is 16.5.